The van der Waals surface area contributed by atoms with Crippen LogP contribution in [0.5, 0.6) is 11.5 Å². The van der Waals surface area contributed by atoms with Gasteiger partial charge in [-0.2, -0.15) is 5.10 Å². The Morgan fingerprint density at radius 1 is 1.09 bits per heavy atom. The molecule has 0 radical (unpaired) electrons. The predicted molar refractivity (Wildman–Crippen MR) is 133 cm³/mol. The van der Waals surface area contributed by atoms with E-state index in [1.165, 1.54) is 0 Å². The summed E-state index contributed by atoms with van der Waals surface area (Å²) in [4.78, 5) is 19.8. The molecule has 0 bridgehead atoms. The Hall–Kier alpha value is -4.01. The molecule has 0 unspecified atom stereocenters. The number of benzene rings is 2. The highest BCUT2D eigenvalue weighted by Crippen LogP contribution is 2.33. The fourth-order valence-electron chi connectivity index (χ4n) is 4.23. The summed E-state index contributed by atoms with van der Waals surface area (Å²) in [7, 11) is 3.21. The summed E-state index contributed by atoms with van der Waals surface area (Å²) in [5, 5.41) is 8.48. The molecule has 1 aromatic heterocycles. The second kappa shape index (κ2) is 10.5. The summed E-state index contributed by atoms with van der Waals surface area (Å²) in [6.07, 6.45) is 0.731. The topological polar surface area (TPSA) is 104 Å². The molecule has 4 rings (SSSR count). The lowest BCUT2D eigenvalue weighted by atomic mass is 9.99. The Balaban J connectivity index is 1.35. The van der Waals surface area contributed by atoms with Crippen molar-refractivity contribution in [2.24, 2.45) is 10.9 Å². The molecule has 0 saturated heterocycles. The normalized spacial score (nSPS) is 13.4. The number of carbonyl (C=O) groups is 1. The van der Waals surface area contributed by atoms with Gasteiger partial charge in [-0.1, -0.05) is 23.4 Å². The number of hydrogen-bond acceptors (Lipinski definition) is 6. The lowest BCUT2D eigenvalue weighted by Gasteiger charge is -2.29. The first-order chi connectivity index (χ1) is 16.9. The van der Waals surface area contributed by atoms with E-state index in [-0.39, 0.29) is 18.3 Å². The van der Waals surface area contributed by atoms with E-state index in [0.29, 0.717) is 31.1 Å². The average Bonchev–Trinajstić information content (AvgIpc) is 3.18. The number of nitrogens with two attached hydrogens (primary N) is 1. The number of carbonyl (C=O) groups excluding carboxylic acids is 1. The maximum absolute atomic E-state index is 12.7. The van der Waals surface area contributed by atoms with Gasteiger partial charge in [0.2, 0.25) is 0 Å². The van der Waals surface area contributed by atoms with E-state index < -0.39 is 0 Å². The van der Waals surface area contributed by atoms with Crippen LogP contribution in [-0.4, -0.2) is 53.8 Å². The fraction of sp³-hybridized carbons (Fsp3) is 0.346. The number of fused-ring (bicyclic) bond motifs is 1. The predicted octanol–water partition coefficient (Wildman–Crippen LogP) is 2.79. The summed E-state index contributed by atoms with van der Waals surface area (Å²) in [5.41, 5.74) is 12.2. The van der Waals surface area contributed by atoms with Crippen LogP contribution in [0, 0.1) is 13.8 Å². The number of amides is 1. The Kier molecular flexibility index (Phi) is 7.24. The molecule has 0 fully saturated rings. The van der Waals surface area contributed by atoms with Crippen molar-refractivity contribution in [1.29, 1.82) is 0 Å². The van der Waals surface area contributed by atoms with E-state index >= 15 is 0 Å². The molecule has 35 heavy (non-hydrogen) atoms. The van der Waals surface area contributed by atoms with Crippen molar-refractivity contribution < 1.29 is 19.1 Å². The molecule has 9 nitrogen and oxygen atoms in total. The first kappa shape index (κ1) is 24.1. The van der Waals surface area contributed by atoms with Crippen LogP contribution in [-0.2, 0) is 29.1 Å². The molecule has 0 spiro atoms. The third-order valence-electron chi connectivity index (χ3n) is 6.08. The van der Waals surface area contributed by atoms with E-state index in [9.17, 15) is 4.79 Å². The van der Waals surface area contributed by atoms with Gasteiger partial charge in [-0.25, -0.2) is 0 Å². The summed E-state index contributed by atoms with van der Waals surface area (Å²) in [6, 6.07) is 13.7. The van der Waals surface area contributed by atoms with E-state index in [1.807, 2.05) is 61.0 Å². The van der Waals surface area contributed by atoms with Crippen LogP contribution in [0.4, 0.5) is 0 Å². The number of rotatable bonds is 8. The molecule has 1 aliphatic heterocycles. The van der Waals surface area contributed by atoms with Gasteiger partial charge in [-0.15, -0.1) is 0 Å². The Labute approximate surface area is 205 Å². The van der Waals surface area contributed by atoms with Crippen LogP contribution < -0.4 is 15.2 Å². The third-order valence-corrected chi connectivity index (χ3v) is 6.08. The molecule has 2 aromatic carbocycles. The minimum atomic E-state index is -0.186. The van der Waals surface area contributed by atoms with E-state index in [2.05, 4.69) is 10.3 Å². The van der Waals surface area contributed by atoms with Crippen molar-refractivity contribution in [1.82, 2.24) is 14.7 Å². The number of aromatic nitrogens is 2. The number of amidine groups is 1. The molecule has 3 aromatic rings. The highest BCUT2D eigenvalue weighted by molar-refractivity contribution is 5.97. The van der Waals surface area contributed by atoms with Crippen LogP contribution in [0.15, 0.2) is 47.6 Å². The zero-order valence-electron chi connectivity index (χ0n) is 20.6. The van der Waals surface area contributed by atoms with Crippen molar-refractivity contribution in [3.05, 3.63) is 76.1 Å². The number of nitrogens with zero attached hydrogens (tertiary/aromatic N) is 4. The van der Waals surface area contributed by atoms with E-state index in [1.54, 1.807) is 19.1 Å². The first-order valence-corrected chi connectivity index (χ1v) is 11.4. The van der Waals surface area contributed by atoms with Crippen LogP contribution in [0.3, 0.4) is 0 Å². The summed E-state index contributed by atoms with van der Waals surface area (Å²) in [5.74, 6) is 1.40. The average molecular weight is 478 g/mol. The number of ether oxygens (including phenoxy) is 2. The standard InChI is InChI=1S/C26H31N5O4/c1-17-10-18(2)31(28-17)14-19-6-5-7-21(11-19)26(27)29-35-16-25(32)30-9-8-20-12-23(33-3)24(34-4)13-22(20)15-30/h5-7,10-13H,8-9,14-16H2,1-4H3,(H2,27,29). The van der Waals surface area contributed by atoms with Crippen molar-refractivity contribution in [3.8, 4) is 11.5 Å². The molecule has 2 heterocycles. The molecule has 184 valence electrons. The van der Waals surface area contributed by atoms with Crippen LogP contribution in [0.25, 0.3) is 0 Å². The highest BCUT2D eigenvalue weighted by Gasteiger charge is 2.23. The lowest BCUT2D eigenvalue weighted by molar-refractivity contribution is -0.137. The molecule has 1 amide bonds. The lowest BCUT2D eigenvalue weighted by Crippen LogP contribution is -2.38. The monoisotopic (exact) mass is 477 g/mol. The number of aryl methyl sites for hydroxylation is 2. The Morgan fingerprint density at radius 3 is 2.51 bits per heavy atom. The largest absolute Gasteiger partial charge is 0.493 e. The van der Waals surface area contributed by atoms with Gasteiger partial charge in [0.15, 0.2) is 23.9 Å². The van der Waals surface area contributed by atoms with Gasteiger partial charge in [0, 0.05) is 24.3 Å². The highest BCUT2D eigenvalue weighted by atomic mass is 16.6. The van der Waals surface area contributed by atoms with E-state index in [0.717, 1.165) is 40.1 Å². The quantitative estimate of drug-likeness (QED) is 0.304. The minimum Gasteiger partial charge on any atom is -0.493 e. The summed E-state index contributed by atoms with van der Waals surface area (Å²) < 4.78 is 12.7. The fourth-order valence-corrected chi connectivity index (χ4v) is 4.23. The molecule has 0 aliphatic carbocycles. The summed E-state index contributed by atoms with van der Waals surface area (Å²) in [6.45, 7) is 5.52. The number of methoxy groups -OCH3 is 2. The molecule has 2 N–H and O–H groups in total. The second-order valence-electron chi connectivity index (χ2n) is 8.58. The minimum absolute atomic E-state index is 0.153. The summed E-state index contributed by atoms with van der Waals surface area (Å²) >= 11 is 0. The second-order valence-corrected chi connectivity index (χ2v) is 8.58. The van der Waals surface area contributed by atoms with Gasteiger partial charge < -0.3 is 24.9 Å². The number of oxime groups is 1. The van der Waals surface area contributed by atoms with Gasteiger partial charge >= 0.3 is 0 Å². The smallest absolute Gasteiger partial charge is 0.263 e. The van der Waals surface area contributed by atoms with Gasteiger partial charge in [0.25, 0.3) is 5.91 Å². The maximum Gasteiger partial charge on any atom is 0.263 e. The van der Waals surface area contributed by atoms with Crippen molar-refractivity contribution in [2.45, 2.75) is 33.4 Å². The Bertz CT molecular complexity index is 1250. The third kappa shape index (κ3) is 5.56. The Morgan fingerprint density at radius 2 is 1.83 bits per heavy atom. The van der Waals surface area contributed by atoms with Crippen molar-refractivity contribution in [3.63, 3.8) is 0 Å². The van der Waals surface area contributed by atoms with Crippen LogP contribution >= 0.6 is 0 Å². The molecule has 1 aliphatic rings. The number of hydrogen-bond donors (Lipinski definition) is 1. The first-order valence-electron chi connectivity index (χ1n) is 11.4. The van der Waals surface area contributed by atoms with Gasteiger partial charge in [-0.3, -0.25) is 9.48 Å². The maximum atomic E-state index is 12.7. The molecular weight excluding hydrogens is 446 g/mol. The zero-order valence-corrected chi connectivity index (χ0v) is 20.6. The van der Waals surface area contributed by atoms with Gasteiger partial charge in [0.05, 0.1) is 26.5 Å². The molecule has 0 saturated carbocycles. The van der Waals surface area contributed by atoms with Crippen LogP contribution in [0.1, 0.15) is 33.6 Å². The molecular formula is C26H31N5O4. The van der Waals surface area contributed by atoms with Crippen molar-refractivity contribution >= 4 is 11.7 Å². The van der Waals surface area contributed by atoms with Crippen molar-refractivity contribution in [2.75, 3.05) is 27.4 Å². The van der Waals surface area contributed by atoms with E-state index in [4.69, 9.17) is 20.0 Å². The van der Waals surface area contributed by atoms with Gasteiger partial charge in [-0.05, 0) is 61.2 Å². The molecule has 0 atom stereocenters. The zero-order chi connectivity index (χ0) is 24.9. The van der Waals surface area contributed by atoms with Crippen LogP contribution in [0.2, 0.25) is 0 Å². The SMILES string of the molecule is COc1cc2c(cc1OC)CN(C(=O)CO/N=C(/N)c1cccc(Cn3nc(C)cc3C)c1)CC2. The van der Waals surface area contributed by atoms with Gasteiger partial charge in [0.1, 0.15) is 0 Å². The molecule has 9 heteroatoms.